The van der Waals surface area contributed by atoms with Crippen LogP contribution in [0.5, 0.6) is 0 Å². The summed E-state index contributed by atoms with van der Waals surface area (Å²) in [5.41, 5.74) is 18.2. The van der Waals surface area contributed by atoms with E-state index in [2.05, 4.69) is 244 Å². The number of likely N-dealkylation sites (tertiary alicyclic amines) is 8. The topological polar surface area (TPSA) is 25.9 Å². The monoisotopic (exact) mass is 2440 g/mol. The lowest BCUT2D eigenvalue weighted by molar-refractivity contribution is 0.221. The van der Waals surface area contributed by atoms with Crippen LogP contribution in [0.1, 0.15) is 313 Å². The Bertz CT molecular complexity index is 4920. The number of halogens is 17. The zero-order valence-electron chi connectivity index (χ0n) is 87.6. The molecule has 8 aliphatic rings. The van der Waals surface area contributed by atoms with Gasteiger partial charge in [-0.2, -0.15) is 0 Å². The molecule has 0 unspecified atom stereocenters. The van der Waals surface area contributed by atoms with E-state index in [0.29, 0.717) is 11.8 Å². The SMILES string of the molecule is CC(C)(C)c1ccc(P(Cl)Cl)c(CN2CCCCC2)c1.CC(C)(C)c1cccc(CN2CCCCC2)c1P(Cl)Cl.CC(C)c1ccc(P(Cl)Cl)c(CN2CCCCC2)c1.CC(C)c1cccc(CN2CCCCC2)c1P(Cl)Cl.Cc1ccc(P(Cl)Cl)c(CN2CCCCC2)c1.Cc1cccc(CN2CCCCC2)c1P(Cl)Cl.ClP(Cl)c1ccccc1CN1CCCCC1.Fc1ccc(P(Cl)Cl)c(CN2CCCCC2)c1. The Morgan fingerprint density at radius 1 is 0.248 bits per heavy atom. The van der Waals surface area contributed by atoms with Gasteiger partial charge in [-0.1, -0.05) is 439 Å². The van der Waals surface area contributed by atoms with Gasteiger partial charge in [0.25, 0.3) is 0 Å². The summed E-state index contributed by atoms with van der Waals surface area (Å²) >= 11 is 98.5. The molecule has 0 saturated carbocycles. The van der Waals surface area contributed by atoms with Crippen LogP contribution in [-0.2, 0) is 63.2 Å². The number of nitrogens with zero attached hydrogens (tertiary/aromatic N) is 8. The maximum absolute atomic E-state index is 13.3. The van der Waals surface area contributed by atoms with E-state index in [1.807, 2.05) is 12.1 Å². The zero-order valence-corrected chi connectivity index (χ0v) is 107. The molecule has 8 aromatic rings. The summed E-state index contributed by atoms with van der Waals surface area (Å²) in [6, 6.07) is 51.9. The number of piperidine rings is 8. The fourth-order valence-electron chi connectivity index (χ4n) is 20.2. The standard InChI is InChI=1S/2C16H24Cl2NP.2C15H22Cl2NP.2C13H18Cl2NP.C12H15Cl2FNP.C12H16Cl2NP/c1-16(2,3)14-9-7-8-13(15(14)20(17)18)12-19-10-5-4-6-11-19;1-16(2,3)14-7-8-15(20(17)18)13(11-14)12-19-9-5-4-6-10-19;1-12(2)14-8-6-7-13(15(14)19(16)17)11-18-9-4-3-5-10-18;1-12(2)13-6-7-15(19(16)17)14(10-13)11-18-8-4-3-5-9-18;1-11-6-5-7-12(13(11)17(14)15)10-16-8-3-2-4-9-16;1-11-5-6-13(17(14)15)12(9-11)10-16-7-3-2-4-8-16;13-17(14)12-5-4-11(15)8-10(12)9-16-6-2-1-3-7-16;13-16(14)12-7-3-2-6-11(12)10-15-8-4-1-5-9-15/h7-9H,4-6,10-12H2,1-3H3;7-8,11H,4-6,9-10,12H2,1-3H3;6-8,12H,3-5,9-11H2,1-2H3;6-7,10,12H,3-5,8-9,11H2,1-2H3;5-7H,2-4,8-10H2,1H3;5-6,9H,2-4,7-8,10H2,1H3;4-5,8H,1-3,6-7,9H2;2-3,6-7H,1,4-5,8-10H2. The molecule has 8 nitrogen and oxygen atoms in total. The van der Waals surface area contributed by atoms with Crippen molar-refractivity contribution in [1.82, 2.24) is 39.2 Å². The predicted octanol–water partition coefficient (Wildman–Crippen LogP) is 38.3. The van der Waals surface area contributed by atoms with Gasteiger partial charge in [0.05, 0.1) is 0 Å². The van der Waals surface area contributed by atoms with Crippen LogP contribution in [0.4, 0.5) is 4.39 Å². The Morgan fingerprint density at radius 3 is 0.876 bits per heavy atom. The second-order valence-electron chi connectivity index (χ2n) is 42.4. The first-order chi connectivity index (χ1) is 69.2. The average molecular weight is 2450 g/mol. The van der Waals surface area contributed by atoms with Crippen LogP contribution in [0.25, 0.3) is 0 Å². The molecule has 8 saturated heterocycles. The highest BCUT2D eigenvalue weighted by molar-refractivity contribution is 8.11. The quantitative estimate of drug-likeness (QED) is 0.0495. The van der Waals surface area contributed by atoms with Gasteiger partial charge >= 0.3 is 0 Å². The molecule has 0 aliphatic carbocycles. The van der Waals surface area contributed by atoms with Gasteiger partial charge in [-0.25, -0.2) is 4.39 Å². The van der Waals surface area contributed by atoms with Crippen LogP contribution >= 0.6 is 233 Å². The minimum atomic E-state index is -1.20. The minimum absolute atomic E-state index is 0.0810. The molecule has 0 aromatic heterocycles. The van der Waals surface area contributed by atoms with E-state index >= 15 is 0 Å². The second kappa shape index (κ2) is 69.2. The molecule has 0 bridgehead atoms. The molecule has 0 spiro atoms. The number of benzene rings is 8. The summed E-state index contributed by atoms with van der Waals surface area (Å²) in [6.45, 7) is 44.5. The third-order valence-electron chi connectivity index (χ3n) is 28.2. The zero-order chi connectivity index (χ0) is 105. The first-order valence-corrected chi connectivity index (χ1v) is 77.7. The van der Waals surface area contributed by atoms with Crippen molar-refractivity contribution in [2.45, 2.75) is 312 Å². The molecule has 0 radical (unpaired) electrons. The molecule has 806 valence electrons. The van der Waals surface area contributed by atoms with Crippen molar-refractivity contribution >= 4 is 275 Å². The third-order valence-corrected chi connectivity index (χ3v) is 43.4. The van der Waals surface area contributed by atoms with E-state index in [1.54, 1.807) is 12.1 Å². The van der Waals surface area contributed by atoms with E-state index in [1.165, 1.54) is 335 Å². The Balaban J connectivity index is 0.000000185. The van der Waals surface area contributed by atoms with E-state index < -0.39 is 53.0 Å². The number of hydrogen-bond acceptors (Lipinski definition) is 8. The molecular weight excluding hydrogens is 2290 g/mol. The minimum Gasteiger partial charge on any atom is -0.299 e. The molecular formula is C112H159Cl16FN8P8. The molecule has 145 heavy (non-hydrogen) atoms. The molecule has 8 fully saturated rings. The first-order valence-electron chi connectivity index (χ1n) is 52.5. The van der Waals surface area contributed by atoms with Gasteiger partial charge in [0.15, 0.2) is 0 Å². The highest BCUT2D eigenvalue weighted by Crippen LogP contribution is 2.54. The van der Waals surface area contributed by atoms with Crippen molar-refractivity contribution in [3.05, 3.63) is 235 Å². The molecule has 8 aliphatic heterocycles. The lowest BCUT2D eigenvalue weighted by atomic mass is 9.86. The van der Waals surface area contributed by atoms with Gasteiger partial charge in [0.2, 0.25) is 0 Å². The highest BCUT2D eigenvalue weighted by atomic mass is 35.9. The number of hydrogen-bond donors (Lipinski definition) is 0. The van der Waals surface area contributed by atoms with Crippen molar-refractivity contribution < 1.29 is 4.39 Å². The fourth-order valence-corrected chi connectivity index (χ4v) is 34.3. The maximum Gasteiger partial charge on any atom is 0.123 e. The van der Waals surface area contributed by atoms with Gasteiger partial charge < -0.3 is 0 Å². The van der Waals surface area contributed by atoms with Crippen molar-refractivity contribution in [2.75, 3.05) is 105 Å². The largest absolute Gasteiger partial charge is 0.299 e. The molecule has 0 N–H and O–H groups in total. The first kappa shape index (κ1) is 130. The average Bonchev–Trinajstić information content (AvgIpc) is 0.796. The maximum atomic E-state index is 13.3. The van der Waals surface area contributed by atoms with Gasteiger partial charge in [-0.15, -0.1) is 0 Å². The lowest BCUT2D eigenvalue weighted by Crippen LogP contribution is -2.32. The normalized spacial score (nSPS) is 17.6. The van der Waals surface area contributed by atoms with Gasteiger partial charge in [-0.3, -0.25) is 39.2 Å². The summed E-state index contributed by atoms with van der Waals surface area (Å²) in [7, 11) is 0. The Kier molecular flexibility index (Phi) is 62.0. The summed E-state index contributed by atoms with van der Waals surface area (Å²) in [4.78, 5) is 20.0. The number of rotatable bonds is 26. The summed E-state index contributed by atoms with van der Waals surface area (Å²) in [5.74, 6) is 0.802. The van der Waals surface area contributed by atoms with Crippen molar-refractivity contribution in [3.63, 3.8) is 0 Å². The van der Waals surface area contributed by atoms with Crippen LogP contribution in [0.3, 0.4) is 0 Å². The van der Waals surface area contributed by atoms with Crippen LogP contribution in [0, 0.1) is 19.7 Å². The highest BCUT2D eigenvalue weighted by Gasteiger charge is 2.30. The van der Waals surface area contributed by atoms with Gasteiger partial charge in [0.1, 0.15) is 58.8 Å². The van der Waals surface area contributed by atoms with Crippen LogP contribution in [0.15, 0.2) is 152 Å². The van der Waals surface area contributed by atoms with E-state index in [-0.39, 0.29) is 16.6 Å². The molecule has 0 amide bonds. The predicted molar refractivity (Wildman–Crippen MR) is 666 cm³/mol. The van der Waals surface area contributed by atoms with Crippen LogP contribution < -0.4 is 42.4 Å². The molecule has 16 rings (SSSR count). The Labute approximate surface area is 961 Å². The van der Waals surface area contributed by atoms with Crippen molar-refractivity contribution in [1.29, 1.82) is 0 Å². The molecule has 8 heterocycles. The van der Waals surface area contributed by atoms with E-state index in [9.17, 15) is 4.39 Å². The van der Waals surface area contributed by atoms with Crippen LogP contribution in [0.2, 0.25) is 0 Å². The van der Waals surface area contributed by atoms with Gasteiger partial charge in [0, 0.05) is 94.8 Å². The van der Waals surface area contributed by atoms with Crippen molar-refractivity contribution in [3.8, 4) is 0 Å². The fraction of sp³-hybridized carbons (Fsp3) is 0.571. The summed E-state index contributed by atoms with van der Waals surface area (Å²) in [6.07, 6.45) is 31.7. The molecule has 0 atom stereocenters. The molecule has 33 heteroatoms. The van der Waals surface area contributed by atoms with Crippen molar-refractivity contribution in [2.24, 2.45) is 0 Å². The van der Waals surface area contributed by atoms with Gasteiger partial charge in [-0.05, 0) is 334 Å². The lowest BCUT2D eigenvalue weighted by Gasteiger charge is -2.30. The number of aryl methyl sites for hydroxylation is 2. The smallest absolute Gasteiger partial charge is 0.123 e. The summed E-state index contributed by atoms with van der Waals surface area (Å²) < 4.78 is 13.3. The van der Waals surface area contributed by atoms with Crippen LogP contribution in [-0.4, -0.2) is 144 Å². The Morgan fingerprint density at radius 2 is 0.531 bits per heavy atom. The third kappa shape index (κ3) is 46.2. The van der Waals surface area contributed by atoms with E-state index in [0.717, 1.165) is 103 Å². The van der Waals surface area contributed by atoms with E-state index in [4.69, 9.17) is 180 Å². The Hall–Kier alpha value is 1.45. The second-order valence-corrected chi connectivity index (χ2v) is 70.2. The summed E-state index contributed by atoms with van der Waals surface area (Å²) in [5, 5.41) is 8.93. The molecule has 8 aromatic carbocycles.